The molecule has 0 amide bonds. The van der Waals surface area contributed by atoms with Crippen molar-refractivity contribution in [2.75, 3.05) is 20.3 Å². The van der Waals surface area contributed by atoms with Gasteiger partial charge in [-0.05, 0) is 12.1 Å². The number of methoxy groups -OCH3 is 1. The Bertz CT molecular complexity index is 347. The highest BCUT2D eigenvalue weighted by Gasteiger charge is 2.08. The summed E-state index contributed by atoms with van der Waals surface area (Å²) in [5, 5.41) is 1.47. The van der Waals surface area contributed by atoms with E-state index in [1.165, 1.54) is 0 Å². The largest absolute Gasteiger partial charge is 0.382 e. The maximum atomic E-state index is 6.00. The summed E-state index contributed by atoms with van der Waals surface area (Å²) in [6.45, 7) is 1.36. The predicted molar refractivity (Wildman–Crippen MR) is 66.1 cm³/mol. The second-order valence-electron chi connectivity index (χ2n) is 2.98. The summed E-state index contributed by atoms with van der Waals surface area (Å²) >= 11 is 17.8. The van der Waals surface area contributed by atoms with Crippen molar-refractivity contribution in [2.45, 2.75) is 6.54 Å². The zero-order chi connectivity index (χ0) is 12.0. The van der Waals surface area contributed by atoms with Gasteiger partial charge >= 0.3 is 0 Å². The average Bonchev–Trinajstić information content (AvgIpc) is 2.28. The maximum Gasteiger partial charge on any atom is 0.0916 e. The summed E-state index contributed by atoms with van der Waals surface area (Å²) < 4.78 is 4.82. The summed E-state index contributed by atoms with van der Waals surface area (Å²) in [7, 11) is 1.61. The first kappa shape index (κ1) is 14.0. The van der Waals surface area contributed by atoms with Crippen LogP contribution in [0, 0.1) is 0 Å². The summed E-state index contributed by atoms with van der Waals surface area (Å²) in [5.74, 6) is 0. The summed E-state index contributed by atoms with van der Waals surface area (Å²) in [4.78, 5) is 5.09. The Morgan fingerprint density at radius 3 is 2.50 bits per heavy atom. The fourth-order valence-electron chi connectivity index (χ4n) is 1.05. The van der Waals surface area contributed by atoms with Gasteiger partial charge in [0, 0.05) is 24.2 Å². The Labute approximate surface area is 110 Å². The molecule has 0 saturated carbocycles. The van der Waals surface area contributed by atoms with Crippen LogP contribution in [0.3, 0.4) is 0 Å². The third-order valence-electron chi connectivity index (χ3n) is 1.88. The lowest BCUT2D eigenvalue weighted by Crippen LogP contribution is -2.17. The molecule has 3 nitrogen and oxygen atoms in total. The lowest BCUT2D eigenvalue weighted by atomic mass is 10.2. The summed E-state index contributed by atoms with van der Waals surface area (Å²) in [6, 6.07) is 3.35. The molecule has 0 saturated heterocycles. The van der Waals surface area contributed by atoms with Crippen molar-refractivity contribution in [3.63, 3.8) is 0 Å². The van der Waals surface area contributed by atoms with Gasteiger partial charge in [0.15, 0.2) is 0 Å². The highest BCUT2D eigenvalue weighted by Crippen LogP contribution is 2.31. The minimum Gasteiger partial charge on any atom is -0.382 e. The molecule has 0 aromatic heterocycles. The monoisotopic (exact) mass is 283 g/mol. The Kier molecular flexibility index (Phi) is 6.43. The Hall–Kier alpha value is -0.0300. The van der Waals surface area contributed by atoms with Gasteiger partial charge in [0.2, 0.25) is 0 Å². The van der Waals surface area contributed by atoms with Gasteiger partial charge in [-0.2, -0.15) is 5.48 Å². The Balaban J connectivity index is 2.50. The molecule has 0 aliphatic heterocycles. The molecule has 6 heteroatoms. The predicted octanol–water partition coefficient (Wildman–Crippen LogP) is 3.31. The van der Waals surface area contributed by atoms with E-state index in [4.69, 9.17) is 44.4 Å². The van der Waals surface area contributed by atoms with Crippen LogP contribution in [-0.4, -0.2) is 20.3 Å². The number of nitrogens with one attached hydrogen (secondary N) is 1. The SMILES string of the molecule is COCCONCc1c(Cl)ccc(Cl)c1Cl. The third-order valence-corrected chi connectivity index (χ3v) is 3.08. The van der Waals surface area contributed by atoms with E-state index in [0.717, 1.165) is 0 Å². The van der Waals surface area contributed by atoms with E-state index in [-0.39, 0.29) is 0 Å². The molecule has 0 spiro atoms. The second kappa shape index (κ2) is 7.33. The van der Waals surface area contributed by atoms with Crippen molar-refractivity contribution in [3.8, 4) is 0 Å². The van der Waals surface area contributed by atoms with E-state index in [9.17, 15) is 0 Å². The smallest absolute Gasteiger partial charge is 0.0916 e. The van der Waals surface area contributed by atoms with Crippen LogP contribution in [0.1, 0.15) is 5.56 Å². The Morgan fingerprint density at radius 2 is 1.81 bits per heavy atom. The number of benzene rings is 1. The number of halogens is 3. The molecule has 0 heterocycles. The number of hydroxylamine groups is 1. The van der Waals surface area contributed by atoms with Crippen molar-refractivity contribution < 1.29 is 9.57 Å². The van der Waals surface area contributed by atoms with Gasteiger partial charge in [-0.25, -0.2) is 0 Å². The van der Waals surface area contributed by atoms with Crippen LogP contribution in [0.4, 0.5) is 0 Å². The molecule has 0 atom stereocenters. The molecule has 0 aliphatic rings. The molecular formula is C10H12Cl3NO2. The Morgan fingerprint density at radius 1 is 1.12 bits per heavy atom. The van der Waals surface area contributed by atoms with Gasteiger partial charge in [0.1, 0.15) is 0 Å². The van der Waals surface area contributed by atoms with Crippen molar-refractivity contribution in [1.29, 1.82) is 0 Å². The highest BCUT2D eigenvalue weighted by atomic mass is 35.5. The van der Waals surface area contributed by atoms with Gasteiger partial charge in [-0.1, -0.05) is 34.8 Å². The van der Waals surface area contributed by atoms with Gasteiger partial charge < -0.3 is 4.74 Å². The molecule has 0 fully saturated rings. The van der Waals surface area contributed by atoms with E-state index in [0.29, 0.717) is 40.4 Å². The number of hydrogen-bond acceptors (Lipinski definition) is 3. The normalized spacial score (nSPS) is 10.8. The van der Waals surface area contributed by atoms with Crippen molar-refractivity contribution in [3.05, 3.63) is 32.8 Å². The minimum absolute atomic E-state index is 0.391. The van der Waals surface area contributed by atoms with Crippen LogP contribution in [0.25, 0.3) is 0 Å². The van der Waals surface area contributed by atoms with Crippen LogP contribution in [0.15, 0.2) is 12.1 Å². The van der Waals surface area contributed by atoms with Crippen LogP contribution >= 0.6 is 34.8 Å². The zero-order valence-electron chi connectivity index (χ0n) is 8.73. The second-order valence-corrected chi connectivity index (χ2v) is 4.18. The van der Waals surface area contributed by atoms with Gasteiger partial charge in [-0.15, -0.1) is 0 Å². The van der Waals surface area contributed by atoms with E-state index < -0.39 is 0 Å². The van der Waals surface area contributed by atoms with Crippen LogP contribution in [0.2, 0.25) is 15.1 Å². The molecular weight excluding hydrogens is 272 g/mol. The highest BCUT2D eigenvalue weighted by molar-refractivity contribution is 6.44. The van der Waals surface area contributed by atoms with E-state index >= 15 is 0 Å². The minimum atomic E-state index is 0.391. The fourth-order valence-corrected chi connectivity index (χ4v) is 1.73. The molecule has 1 rings (SSSR count). The number of rotatable bonds is 6. The van der Waals surface area contributed by atoms with Crippen molar-refractivity contribution in [1.82, 2.24) is 5.48 Å². The zero-order valence-corrected chi connectivity index (χ0v) is 11.0. The van der Waals surface area contributed by atoms with E-state index in [1.807, 2.05) is 0 Å². The molecule has 0 bridgehead atoms. The molecule has 0 radical (unpaired) electrons. The lowest BCUT2D eigenvalue weighted by molar-refractivity contribution is 0.00349. The average molecular weight is 285 g/mol. The molecule has 90 valence electrons. The van der Waals surface area contributed by atoms with Crippen LogP contribution in [0.5, 0.6) is 0 Å². The number of hydrogen-bond donors (Lipinski definition) is 1. The van der Waals surface area contributed by atoms with Crippen LogP contribution in [-0.2, 0) is 16.1 Å². The molecule has 1 aromatic rings. The van der Waals surface area contributed by atoms with Gasteiger partial charge in [0.05, 0.1) is 23.3 Å². The quantitative estimate of drug-likeness (QED) is 0.494. The lowest BCUT2D eigenvalue weighted by Gasteiger charge is -2.09. The molecule has 1 N–H and O–H groups in total. The molecule has 0 aliphatic carbocycles. The first-order valence-corrected chi connectivity index (χ1v) is 5.76. The van der Waals surface area contributed by atoms with Crippen molar-refractivity contribution >= 4 is 34.8 Å². The third kappa shape index (κ3) is 4.09. The fraction of sp³-hybridized carbons (Fsp3) is 0.400. The first-order chi connectivity index (χ1) is 7.66. The van der Waals surface area contributed by atoms with Crippen LogP contribution < -0.4 is 5.48 Å². The first-order valence-electron chi connectivity index (χ1n) is 4.62. The van der Waals surface area contributed by atoms with E-state index in [2.05, 4.69) is 5.48 Å². The maximum absolute atomic E-state index is 6.00. The standard InChI is InChI=1S/C10H12Cl3NO2/c1-15-4-5-16-14-6-7-8(11)2-3-9(12)10(7)13/h2-3,14H,4-6H2,1H3. The number of ether oxygens (including phenoxy) is 1. The van der Waals surface area contributed by atoms with E-state index in [1.54, 1.807) is 19.2 Å². The van der Waals surface area contributed by atoms with Gasteiger partial charge in [-0.3, -0.25) is 4.84 Å². The van der Waals surface area contributed by atoms with Gasteiger partial charge in [0.25, 0.3) is 0 Å². The summed E-state index contributed by atoms with van der Waals surface area (Å²) in [5.41, 5.74) is 3.45. The molecule has 0 unspecified atom stereocenters. The summed E-state index contributed by atoms with van der Waals surface area (Å²) in [6.07, 6.45) is 0. The molecule has 1 aromatic carbocycles. The van der Waals surface area contributed by atoms with Crippen molar-refractivity contribution in [2.24, 2.45) is 0 Å². The topological polar surface area (TPSA) is 30.5 Å². The molecule has 16 heavy (non-hydrogen) atoms.